The molecule has 0 bridgehead atoms. The molecule has 0 saturated heterocycles. The monoisotopic (exact) mass is 249 g/mol. The highest BCUT2D eigenvalue weighted by molar-refractivity contribution is 5.80. The Labute approximate surface area is 110 Å². The average molecular weight is 249 g/mol. The van der Waals surface area contributed by atoms with Crippen LogP contribution in [-0.4, -0.2) is 30.0 Å². The molecule has 1 unspecified atom stereocenters. The van der Waals surface area contributed by atoms with Crippen LogP contribution >= 0.6 is 0 Å². The van der Waals surface area contributed by atoms with Gasteiger partial charge in [-0.1, -0.05) is 12.1 Å². The number of carbonyl (C=O) groups excluding carboxylic acids is 1. The summed E-state index contributed by atoms with van der Waals surface area (Å²) in [6.45, 7) is 11.2. The van der Waals surface area contributed by atoms with Crippen LogP contribution in [0.4, 0.5) is 0 Å². The van der Waals surface area contributed by atoms with Crippen molar-refractivity contribution in [2.75, 3.05) is 13.1 Å². The molecule has 1 aromatic carbocycles. The highest BCUT2D eigenvalue weighted by atomic mass is 16.5. The first-order valence-electron chi connectivity index (χ1n) is 6.52. The van der Waals surface area contributed by atoms with Gasteiger partial charge in [-0.3, -0.25) is 4.79 Å². The summed E-state index contributed by atoms with van der Waals surface area (Å²) in [7, 11) is 0. The fourth-order valence-electron chi connectivity index (χ4n) is 1.87. The van der Waals surface area contributed by atoms with Gasteiger partial charge in [0.2, 0.25) is 0 Å². The van der Waals surface area contributed by atoms with Gasteiger partial charge in [-0.15, -0.1) is 0 Å². The summed E-state index contributed by atoms with van der Waals surface area (Å²) in [4.78, 5) is 13.9. The van der Waals surface area contributed by atoms with Gasteiger partial charge < -0.3 is 9.64 Å². The molecule has 0 aliphatic rings. The number of amides is 1. The fraction of sp³-hybridized carbons (Fsp3) is 0.533. The number of hydrogen-bond acceptors (Lipinski definition) is 2. The number of aryl methyl sites for hydroxylation is 2. The predicted molar refractivity (Wildman–Crippen MR) is 73.9 cm³/mol. The second kappa shape index (κ2) is 6.43. The lowest BCUT2D eigenvalue weighted by Crippen LogP contribution is -2.40. The third kappa shape index (κ3) is 3.49. The van der Waals surface area contributed by atoms with Gasteiger partial charge in [-0.25, -0.2) is 0 Å². The van der Waals surface area contributed by atoms with E-state index in [4.69, 9.17) is 4.74 Å². The lowest BCUT2D eigenvalue weighted by molar-refractivity contribution is -0.137. The van der Waals surface area contributed by atoms with Gasteiger partial charge in [-0.2, -0.15) is 0 Å². The van der Waals surface area contributed by atoms with Gasteiger partial charge >= 0.3 is 0 Å². The number of ether oxygens (including phenoxy) is 1. The van der Waals surface area contributed by atoms with Crippen LogP contribution < -0.4 is 4.74 Å². The Kier molecular flexibility index (Phi) is 5.20. The SMILES string of the molecule is CCN(CC)C(=O)C(C)Oc1cc(C)ccc1C. The molecule has 3 nitrogen and oxygen atoms in total. The Balaban J connectivity index is 2.77. The summed E-state index contributed by atoms with van der Waals surface area (Å²) in [5.41, 5.74) is 2.19. The Morgan fingerprint density at radius 2 is 1.89 bits per heavy atom. The van der Waals surface area contributed by atoms with Crippen LogP contribution in [0.3, 0.4) is 0 Å². The van der Waals surface area contributed by atoms with Crippen molar-refractivity contribution in [3.05, 3.63) is 29.3 Å². The quantitative estimate of drug-likeness (QED) is 0.803. The molecule has 0 heterocycles. The minimum absolute atomic E-state index is 0.0425. The normalized spacial score (nSPS) is 12.1. The molecule has 1 amide bonds. The van der Waals surface area contributed by atoms with Gasteiger partial charge in [0.1, 0.15) is 5.75 Å². The molecule has 1 atom stereocenters. The third-order valence-corrected chi connectivity index (χ3v) is 3.07. The number of likely N-dealkylation sites (N-methyl/N-ethyl adjacent to an activating group) is 1. The number of hydrogen-bond donors (Lipinski definition) is 0. The van der Waals surface area contributed by atoms with Crippen LogP contribution in [0, 0.1) is 13.8 Å². The maximum Gasteiger partial charge on any atom is 0.263 e. The Morgan fingerprint density at radius 3 is 2.44 bits per heavy atom. The highest BCUT2D eigenvalue weighted by Gasteiger charge is 2.20. The lowest BCUT2D eigenvalue weighted by Gasteiger charge is -2.24. The van der Waals surface area contributed by atoms with Crippen molar-refractivity contribution in [3.8, 4) is 5.75 Å². The Bertz CT molecular complexity index is 411. The van der Waals surface area contributed by atoms with E-state index in [0.717, 1.165) is 30.0 Å². The first-order chi connectivity index (χ1) is 8.49. The Morgan fingerprint density at radius 1 is 1.28 bits per heavy atom. The van der Waals surface area contributed by atoms with Crippen LogP contribution in [0.15, 0.2) is 18.2 Å². The third-order valence-electron chi connectivity index (χ3n) is 3.07. The molecule has 3 heteroatoms. The molecule has 0 aromatic heterocycles. The van der Waals surface area contributed by atoms with E-state index >= 15 is 0 Å². The number of carbonyl (C=O) groups is 1. The van der Waals surface area contributed by atoms with Crippen molar-refractivity contribution in [2.45, 2.75) is 40.7 Å². The van der Waals surface area contributed by atoms with Crippen LogP contribution in [0.5, 0.6) is 5.75 Å². The van der Waals surface area contributed by atoms with Gasteiger partial charge in [0.25, 0.3) is 5.91 Å². The molecule has 0 fully saturated rings. The van der Waals surface area contributed by atoms with E-state index in [1.165, 1.54) is 0 Å². The molecule has 0 spiro atoms. The summed E-state index contributed by atoms with van der Waals surface area (Å²) in [6, 6.07) is 6.03. The van der Waals surface area contributed by atoms with Gasteiger partial charge in [0, 0.05) is 13.1 Å². The van der Waals surface area contributed by atoms with E-state index in [1.54, 1.807) is 4.90 Å². The molecule has 100 valence electrons. The van der Waals surface area contributed by atoms with Crippen LogP contribution in [0.1, 0.15) is 31.9 Å². The maximum absolute atomic E-state index is 12.1. The molecule has 0 radical (unpaired) electrons. The second-order valence-electron chi connectivity index (χ2n) is 4.54. The van der Waals surface area contributed by atoms with Crippen LogP contribution in [0.2, 0.25) is 0 Å². The lowest BCUT2D eigenvalue weighted by atomic mass is 10.1. The number of benzene rings is 1. The van der Waals surface area contributed by atoms with Crippen molar-refractivity contribution in [2.24, 2.45) is 0 Å². The molecular formula is C15H23NO2. The van der Waals surface area contributed by atoms with E-state index < -0.39 is 6.10 Å². The molecule has 0 N–H and O–H groups in total. The molecule has 0 aliphatic heterocycles. The van der Waals surface area contributed by atoms with Crippen LogP contribution in [0.25, 0.3) is 0 Å². The minimum Gasteiger partial charge on any atom is -0.481 e. The molecular weight excluding hydrogens is 226 g/mol. The van der Waals surface area contributed by atoms with Crippen molar-refractivity contribution >= 4 is 5.91 Å². The average Bonchev–Trinajstić information content (AvgIpc) is 2.35. The summed E-state index contributed by atoms with van der Waals surface area (Å²) in [5, 5.41) is 0. The zero-order chi connectivity index (χ0) is 13.7. The summed E-state index contributed by atoms with van der Waals surface area (Å²) >= 11 is 0. The predicted octanol–water partition coefficient (Wildman–Crippen LogP) is 2.94. The Hall–Kier alpha value is -1.51. The zero-order valence-corrected chi connectivity index (χ0v) is 12.0. The van der Waals surface area contributed by atoms with Gasteiger partial charge in [0.05, 0.1) is 0 Å². The molecule has 18 heavy (non-hydrogen) atoms. The molecule has 1 aromatic rings. The van der Waals surface area contributed by atoms with Gasteiger partial charge in [0.15, 0.2) is 6.10 Å². The van der Waals surface area contributed by atoms with E-state index in [0.29, 0.717) is 0 Å². The number of rotatable bonds is 5. The van der Waals surface area contributed by atoms with Crippen molar-refractivity contribution in [1.29, 1.82) is 0 Å². The van der Waals surface area contributed by atoms with Crippen molar-refractivity contribution in [1.82, 2.24) is 4.90 Å². The maximum atomic E-state index is 12.1. The largest absolute Gasteiger partial charge is 0.481 e. The minimum atomic E-state index is -0.439. The van der Waals surface area contributed by atoms with E-state index in [9.17, 15) is 4.79 Å². The molecule has 0 saturated carbocycles. The van der Waals surface area contributed by atoms with Crippen molar-refractivity contribution < 1.29 is 9.53 Å². The molecule has 0 aliphatic carbocycles. The zero-order valence-electron chi connectivity index (χ0n) is 12.0. The van der Waals surface area contributed by atoms with E-state index in [1.807, 2.05) is 52.8 Å². The van der Waals surface area contributed by atoms with E-state index in [2.05, 4.69) is 0 Å². The summed E-state index contributed by atoms with van der Waals surface area (Å²) in [6.07, 6.45) is -0.439. The highest BCUT2D eigenvalue weighted by Crippen LogP contribution is 2.20. The first-order valence-corrected chi connectivity index (χ1v) is 6.52. The van der Waals surface area contributed by atoms with E-state index in [-0.39, 0.29) is 5.91 Å². The van der Waals surface area contributed by atoms with Crippen molar-refractivity contribution in [3.63, 3.8) is 0 Å². The first kappa shape index (κ1) is 14.6. The number of nitrogens with zero attached hydrogens (tertiary/aromatic N) is 1. The fourth-order valence-corrected chi connectivity index (χ4v) is 1.87. The van der Waals surface area contributed by atoms with Crippen LogP contribution in [-0.2, 0) is 4.79 Å². The topological polar surface area (TPSA) is 29.5 Å². The second-order valence-corrected chi connectivity index (χ2v) is 4.54. The van der Waals surface area contributed by atoms with Gasteiger partial charge in [-0.05, 0) is 51.8 Å². The summed E-state index contributed by atoms with van der Waals surface area (Å²) < 4.78 is 5.78. The summed E-state index contributed by atoms with van der Waals surface area (Å²) in [5.74, 6) is 0.837. The standard InChI is InChI=1S/C15H23NO2/c1-6-16(7-2)15(17)13(5)18-14-10-11(3)8-9-12(14)4/h8-10,13H,6-7H2,1-5H3. The smallest absolute Gasteiger partial charge is 0.263 e. The molecule has 1 rings (SSSR count).